The molecule has 0 saturated carbocycles. The number of para-hydroxylation sites is 1. The molecule has 0 aliphatic rings. The zero-order valence-electron chi connectivity index (χ0n) is 16.1. The molecule has 0 atom stereocenters. The van der Waals surface area contributed by atoms with E-state index in [-0.39, 0.29) is 24.2 Å². The summed E-state index contributed by atoms with van der Waals surface area (Å²) in [5.74, 6) is 0.521. The summed E-state index contributed by atoms with van der Waals surface area (Å²) in [6.45, 7) is 1.84. The number of carbonyl (C=O) groups excluding carboxylic acids is 1. The average Bonchev–Trinajstić information content (AvgIpc) is 3.24. The van der Waals surface area contributed by atoms with Crippen LogP contribution in [0, 0.1) is 12.7 Å². The van der Waals surface area contributed by atoms with Crippen LogP contribution in [0.2, 0.25) is 0 Å². The van der Waals surface area contributed by atoms with Crippen LogP contribution in [0.25, 0.3) is 22.8 Å². The topological polar surface area (TPSA) is 77.2 Å². The van der Waals surface area contributed by atoms with Gasteiger partial charge in [0.2, 0.25) is 5.82 Å². The van der Waals surface area contributed by atoms with Crippen molar-refractivity contribution < 1.29 is 18.4 Å². The van der Waals surface area contributed by atoms with E-state index in [1.807, 2.05) is 31.2 Å². The van der Waals surface area contributed by atoms with Gasteiger partial charge < -0.3 is 14.6 Å². The Hall–Kier alpha value is -4.00. The van der Waals surface area contributed by atoms with E-state index in [1.54, 1.807) is 36.4 Å². The minimum atomic E-state index is -0.344. The predicted octanol–water partition coefficient (Wildman–Crippen LogP) is 4.87. The number of anilines is 1. The fourth-order valence-corrected chi connectivity index (χ4v) is 2.80. The Morgan fingerprint density at radius 2 is 1.77 bits per heavy atom. The number of ether oxygens (including phenoxy) is 1. The Kier molecular flexibility index (Phi) is 5.52. The number of nitrogens with zero attached hydrogens (tertiary/aromatic N) is 2. The second-order valence-corrected chi connectivity index (χ2v) is 6.63. The van der Waals surface area contributed by atoms with Gasteiger partial charge in [-0.15, -0.1) is 0 Å². The third-order valence-electron chi connectivity index (χ3n) is 4.35. The number of carbonyl (C=O) groups is 1. The van der Waals surface area contributed by atoms with Crippen molar-refractivity contribution in [1.82, 2.24) is 10.1 Å². The molecule has 0 aliphatic heterocycles. The molecule has 0 spiro atoms. The molecular weight excluding hydrogens is 385 g/mol. The molecule has 0 saturated heterocycles. The number of aromatic nitrogens is 2. The van der Waals surface area contributed by atoms with Crippen molar-refractivity contribution in [2.45, 2.75) is 6.92 Å². The molecule has 0 aliphatic carbocycles. The molecule has 3 aromatic carbocycles. The van der Waals surface area contributed by atoms with E-state index in [0.717, 1.165) is 5.56 Å². The Balaban J connectivity index is 1.48. The Labute approximate surface area is 172 Å². The standard InChI is InChI=1S/C23H18FN3O3/c1-15-6-12-18(13-7-15)29-14-21(28)25-20-5-3-2-4-19(20)23-26-22(27-30-23)16-8-10-17(24)11-9-16/h2-13H,14H2,1H3,(H,25,28). The first-order chi connectivity index (χ1) is 14.6. The van der Waals surface area contributed by atoms with Crippen LogP contribution in [0.3, 0.4) is 0 Å². The lowest BCUT2D eigenvalue weighted by Crippen LogP contribution is -2.20. The minimum absolute atomic E-state index is 0.137. The van der Waals surface area contributed by atoms with Gasteiger partial charge in [-0.25, -0.2) is 4.39 Å². The first-order valence-corrected chi connectivity index (χ1v) is 9.27. The zero-order valence-corrected chi connectivity index (χ0v) is 16.1. The summed E-state index contributed by atoms with van der Waals surface area (Å²) in [4.78, 5) is 16.7. The van der Waals surface area contributed by atoms with E-state index >= 15 is 0 Å². The number of nitrogens with one attached hydrogen (secondary N) is 1. The van der Waals surface area contributed by atoms with Crippen molar-refractivity contribution in [1.29, 1.82) is 0 Å². The van der Waals surface area contributed by atoms with Crippen molar-refractivity contribution in [2.75, 3.05) is 11.9 Å². The maximum atomic E-state index is 13.1. The monoisotopic (exact) mass is 403 g/mol. The van der Waals surface area contributed by atoms with Crippen molar-refractivity contribution in [3.8, 4) is 28.6 Å². The molecule has 0 fully saturated rings. The van der Waals surface area contributed by atoms with Gasteiger partial charge in [-0.05, 0) is 55.5 Å². The molecule has 1 amide bonds. The lowest BCUT2D eigenvalue weighted by Gasteiger charge is -2.10. The first kappa shape index (κ1) is 19.3. The van der Waals surface area contributed by atoms with Crippen molar-refractivity contribution >= 4 is 11.6 Å². The van der Waals surface area contributed by atoms with Gasteiger partial charge in [-0.1, -0.05) is 35.0 Å². The number of hydrogen-bond donors (Lipinski definition) is 1. The van der Waals surface area contributed by atoms with Gasteiger partial charge >= 0.3 is 0 Å². The second kappa shape index (κ2) is 8.57. The van der Waals surface area contributed by atoms with E-state index in [0.29, 0.717) is 28.4 Å². The van der Waals surface area contributed by atoms with Crippen LogP contribution >= 0.6 is 0 Å². The summed E-state index contributed by atoms with van der Waals surface area (Å²) in [7, 11) is 0. The van der Waals surface area contributed by atoms with Crippen LogP contribution in [-0.2, 0) is 4.79 Å². The molecule has 150 valence electrons. The summed E-state index contributed by atoms with van der Waals surface area (Å²) in [6.07, 6.45) is 0. The summed E-state index contributed by atoms with van der Waals surface area (Å²) in [5.41, 5.74) is 2.83. The number of benzene rings is 3. The highest BCUT2D eigenvalue weighted by atomic mass is 19.1. The SMILES string of the molecule is Cc1ccc(OCC(=O)Nc2ccccc2-c2nc(-c3ccc(F)cc3)no2)cc1. The molecule has 1 heterocycles. The van der Waals surface area contributed by atoms with E-state index in [4.69, 9.17) is 9.26 Å². The lowest BCUT2D eigenvalue weighted by molar-refractivity contribution is -0.118. The predicted molar refractivity (Wildman–Crippen MR) is 110 cm³/mol. The van der Waals surface area contributed by atoms with E-state index in [2.05, 4.69) is 15.5 Å². The third kappa shape index (κ3) is 4.52. The largest absolute Gasteiger partial charge is 0.484 e. The van der Waals surface area contributed by atoms with E-state index in [1.165, 1.54) is 12.1 Å². The zero-order chi connectivity index (χ0) is 20.9. The molecule has 4 aromatic rings. The molecule has 1 N–H and O–H groups in total. The summed E-state index contributed by atoms with van der Waals surface area (Å²) in [5, 5.41) is 6.76. The van der Waals surface area contributed by atoms with Crippen LogP contribution < -0.4 is 10.1 Å². The summed E-state index contributed by atoms with van der Waals surface area (Å²) < 4.78 is 24.0. The van der Waals surface area contributed by atoms with Crippen LogP contribution in [0.1, 0.15) is 5.56 Å². The molecule has 0 bridgehead atoms. The number of amides is 1. The normalized spacial score (nSPS) is 10.6. The molecule has 7 heteroatoms. The molecule has 1 aromatic heterocycles. The van der Waals surface area contributed by atoms with Gasteiger partial charge in [0, 0.05) is 5.56 Å². The van der Waals surface area contributed by atoms with Crippen LogP contribution in [0.5, 0.6) is 5.75 Å². The number of rotatable bonds is 6. The number of aryl methyl sites for hydroxylation is 1. The molecule has 6 nitrogen and oxygen atoms in total. The van der Waals surface area contributed by atoms with Gasteiger partial charge in [-0.3, -0.25) is 4.79 Å². The van der Waals surface area contributed by atoms with Crippen molar-refractivity contribution in [2.24, 2.45) is 0 Å². The lowest BCUT2D eigenvalue weighted by atomic mass is 10.1. The van der Waals surface area contributed by atoms with Crippen LogP contribution in [-0.4, -0.2) is 22.7 Å². The molecule has 0 radical (unpaired) electrons. The van der Waals surface area contributed by atoms with Gasteiger partial charge in [0.15, 0.2) is 6.61 Å². The molecule has 4 rings (SSSR count). The van der Waals surface area contributed by atoms with Gasteiger partial charge in [-0.2, -0.15) is 4.98 Å². The fourth-order valence-electron chi connectivity index (χ4n) is 2.80. The summed E-state index contributed by atoms with van der Waals surface area (Å²) >= 11 is 0. The average molecular weight is 403 g/mol. The summed E-state index contributed by atoms with van der Waals surface area (Å²) in [6, 6.07) is 20.3. The molecule has 0 unspecified atom stereocenters. The van der Waals surface area contributed by atoms with Gasteiger partial charge in [0.05, 0.1) is 11.3 Å². The van der Waals surface area contributed by atoms with Crippen LogP contribution in [0.15, 0.2) is 77.3 Å². The van der Waals surface area contributed by atoms with Crippen molar-refractivity contribution in [3.05, 3.63) is 84.2 Å². The minimum Gasteiger partial charge on any atom is -0.484 e. The number of hydrogen-bond acceptors (Lipinski definition) is 5. The fraction of sp³-hybridized carbons (Fsp3) is 0.0870. The second-order valence-electron chi connectivity index (χ2n) is 6.63. The first-order valence-electron chi connectivity index (χ1n) is 9.27. The Morgan fingerprint density at radius 3 is 2.53 bits per heavy atom. The highest BCUT2D eigenvalue weighted by Crippen LogP contribution is 2.28. The molecule has 30 heavy (non-hydrogen) atoms. The quantitative estimate of drug-likeness (QED) is 0.497. The Bertz CT molecular complexity index is 1160. The van der Waals surface area contributed by atoms with Gasteiger partial charge in [0.25, 0.3) is 11.8 Å². The Morgan fingerprint density at radius 1 is 1.03 bits per heavy atom. The van der Waals surface area contributed by atoms with E-state index < -0.39 is 0 Å². The highest BCUT2D eigenvalue weighted by Gasteiger charge is 2.15. The smallest absolute Gasteiger partial charge is 0.262 e. The highest BCUT2D eigenvalue weighted by molar-refractivity contribution is 5.95. The third-order valence-corrected chi connectivity index (χ3v) is 4.35. The molecular formula is C23H18FN3O3. The van der Waals surface area contributed by atoms with Crippen LogP contribution in [0.4, 0.5) is 10.1 Å². The van der Waals surface area contributed by atoms with E-state index in [9.17, 15) is 9.18 Å². The maximum Gasteiger partial charge on any atom is 0.262 e. The maximum absolute atomic E-state index is 13.1. The van der Waals surface area contributed by atoms with Gasteiger partial charge in [0.1, 0.15) is 11.6 Å². The number of halogens is 1. The van der Waals surface area contributed by atoms with Crippen molar-refractivity contribution in [3.63, 3.8) is 0 Å².